The van der Waals surface area contributed by atoms with E-state index in [0.717, 1.165) is 36.7 Å². The number of ether oxygens (including phenoxy) is 1. The summed E-state index contributed by atoms with van der Waals surface area (Å²) in [6.07, 6.45) is 0. The number of methoxy groups -OCH3 is 1. The largest absolute Gasteiger partial charge is 0.469 e. The second-order valence-electron chi connectivity index (χ2n) is 4.40. The van der Waals surface area contributed by atoms with Gasteiger partial charge in [-0.05, 0) is 5.56 Å². The van der Waals surface area contributed by atoms with Crippen LogP contribution >= 0.6 is 11.8 Å². The number of esters is 1. The van der Waals surface area contributed by atoms with Gasteiger partial charge < -0.3 is 9.64 Å². The maximum atomic E-state index is 11.9. The van der Waals surface area contributed by atoms with Crippen LogP contribution in [0.25, 0.3) is 0 Å². The number of carbonyl (C=O) groups is 1. The third-order valence-corrected chi connectivity index (χ3v) is 4.17. The minimum absolute atomic E-state index is 0.139. The summed E-state index contributed by atoms with van der Waals surface area (Å²) in [5, 5.41) is 0. The van der Waals surface area contributed by atoms with Gasteiger partial charge in [0.1, 0.15) is 0 Å². The molecule has 1 aromatic carbocycles. The van der Waals surface area contributed by atoms with E-state index in [1.165, 1.54) is 7.11 Å². The Bertz CT molecular complexity index is 377. The summed E-state index contributed by atoms with van der Waals surface area (Å²) in [7, 11) is 1.46. The Morgan fingerprint density at radius 1 is 1.33 bits per heavy atom. The van der Waals surface area contributed by atoms with E-state index in [1.807, 2.05) is 42.1 Å². The summed E-state index contributed by atoms with van der Waals surface area (Å²) in [5.41, 5.74) is 1.04. The third-order valence-electron chi connectivity index (χ3n) is 3.23. The highest BCUT2D eigenvalue weighted by Gasteiger charge is 2.24. The van der Waals surface area contributed by atoms with Gasteiger partial charge in [0.15, 0.2) is 0 Å². The van der Waals surface area contributed by atoms with Crippen LogP contribution in [-0.4, -0.2) is 49.1 Å². The predicted molar refractivity (Wildman–Crippen MR) is 75.0 cm³/mol. The maximum Gasteiger partial charge on any atom is 0.314 e. The first-order valence-electron chi connectivity index (χ1n) is 6.24. The summed E-state index contributed by atoms with van der Waals surface area (Å²) in [4.78, 5) is 14.3. The zero-order valence-electron chi connectivity index (χ0n) is 10.7. The second kappa shape index (κ2) is 6.81. The summed E-state index contributed by atoms with van der Waals surface area (Å²) >= 11 is 1.98. The van der Waals surface area contributed by atoms with Gasteiger partial charge in [-0.25, -0.2) is 0 Å². The molecule has 2 rings (SSSR count). The first-order valence-corrected chi connectivity index (χ1v) is 7.39. The molecule has 1 aliphatic rings. The molecule has 1 fully saturated rings. The molecule has 0 aromatic heterocycles. The number of hydrogen-bond donors (Lipinski definition) is 0. The molecule has 1 aliphatic heterocycles. The second-order valence-corrected chi connectivity index (χ2v) is 5.62. The topological polar surface area (TPSA) is 29.5 Å². The zero-order valence-corrected chi connectivity index (χ0v) is 11.5. The van der Waals surface area contributed by atoms with E-state index in [-0.39, 0.29) is 11.9 Å². The first kappa shape index (κ1) is 13.4. The predicted octanol–water partition coefficient (Wildman–Crippen LogP) is 1.99. The van der Waals surface area contributed by atoms with E-state index >= 15 is 0 Å². The number of rotatable bonds is 4. The molecule has 0 N–H and O–H groups in total. The van der Waals surface area contributed by atoms with Gasteiger partial charge in [0.25, 0.3) is 0 Å². The fraction of sp³-hybridized carbons (Fsp3) is 0.500. The van der Waals surface area contributed by atoms with Gasteiger partial charge in [0, 0.05) is 31.1 Å². The van der Waals surface area contributed by atoms with Gasteiger partial charge in [0.2, 0.25) is 0 Å². The molecule has 1 aromatic rings. The summed E-state index contributed by atoms with van der Waals surface area (Å²) in [6, 6.07) is 9.91. The number of benzene rings is 1. The van der Waals surface area contributed by atoms with Crippen molar-refractivity contribution in [3.05, 3.63) is 35.9 Å². The van der Waals surface area contributed by atoms with Gasteiger partial charge in [-0.1, -0.05) is 30.3 Å². The average molecular weight is 265 g/mol. The van der Waals surface area contributed by atoms with Crippen molar-refractivity contribution < 1.29 is 9.53 Å². The van der Waals surface area contributed by atoms with Gasteiger partial charge in [0.05, 0.1) is 13.0 Å². The number of nitrogens with zero attached hydrogens (tertiary/aromatic N) is 1. The molecule has 3 nitrogen and oxygen atoms in total. The van der Waals surface area contributed by atoms with E-state index in [2.05, 4.69) is 4.90 Å². The van der Waals surface area contributed by atoms with Crippen molar-refractivity contribution in [1.82, 2.24) is 4.90 Å². The summed E-state index contributed by atoms with van der Waals surface area (Å²) < 4.78 is 4.94. The molecule has 0 saturated carbocycles. The summed E-state index contributed by atoms with van der Waals surface area (Å²) in [5.74, 6) is 2.00. The first-order chi connectivity index (χ1) is 8.81. The highest BCUT2D eigenvalue weighted by Crippen LogP contribution is 2.20. The van der Waals surface area contributed by atoms with Gasteiger partial charge in [-0.2, -0.15) is 11.8 Å². The minimum Gasteiger partial charge on any atom is -0.469 e. The Morgan fingerprint density at radius 2 is 2.00 bits per heavy atom. The van der Waals surface area contributed by atoms with Crippen LogP contribution in [0.4, 0.5) is 0 Å². The van der Waals surface area contributed by atoms with Crippen molar-refractivity contribution in [3.8, 4) is 0 Å². The van der Waals surface area contributed by atoms with E-state index in [9.17, 15) is 4.79 Å². The van der Waals surface area contributed by atoms with Crippen molar-refractivity contribution in [3.63, 3.8) is 0 Å². The lowest BCUT2D eigenvalue weighted by molar-refractivity contribution is -0.142. The van der Waals surface area contributed by atoms with Crippen molar-refractivity contribution in [2.24, 2.45) is 0 Å². The molecule has 0 aliphatic carbocycles. The van der Waals surface area contributed by atoms with Crippen molar-refractivity contribution >= 4 is 17.7 Å². The Morgan fingerprint density at radius 3 is 2.61 bits per heavy atom. The lowest BCUT2D eigenvalue weighted by Gasteiger charge is -2.29. The lowest BCUT2D eigenvalue weighted by Crippen LogP contribution is -2.38. The Balaban J connectivity index is 2.07. The summed E-state index contributed by atoms with van der Waals surface area (Å²) in [6.45, 7) is 2.88. The molecule has 1 saturated heterocycles. The van der Waals surface area contributed by atoms with E-state index in [4.69, 9.17) is 4.74 Å². The highest BCUT2D eigenvalue weighted by atomic mass is 32.2. The molecule has 1 atom stereocenters. The minimum atomic E-state index is -0.167. The molecule has 1 unspecified atom stereocenters. The molecule has 0 radical (unpaired) electrons. The van der Waals surface area contributed by atoms with Crippen molar-refractivity contribution in [1.29, 1.82) is 0 Å². The SMILES string of the molecule is COC(=O)C(CN1CCSCC1)c1ccccc1. The van der Waals surface area contributed by atoms with Crippen LogP contribution in [0.15, 0.2) is 30.3 Å². The van der Waals surface area contributed by atoms with Crippen LogP contribution in [0.3, 0.4) is 0 Å². The van der Waals surface area contributed by atoms with Crippen LogP contribution in [0.5, 0.6) is 0 Å². The highest BCUT2D eigenvalue weighted by molar-refractivity contribution is 7.99. The van der Waals surface area contributed by atoms with Crippen molar-refractivity contribution in [2.75, 3.05) is 38.2 Å². The molecule has 18 heavy (non-hydrogen) atoms. The van der Waals surface area contributed by atoms with Crippen molar-refractivity contribution in [2.45, 2.75) is 5.92 Å². The van der Waals surface area contributed by atoms with Crippen LogP contribution in [0.1, 0.15) is 11.5 Å². The monoisotopic (exact) mass is 265 g/mol. The maximum absolute atomic E-state index is 11.9. The molecule has 98 valence electrons. The average Bonchev–Trinajstić information content (AvgIpc) is 2.46. The van der Waals surface area contributed by atoms with Crippen LogP contribution in [0.2, 0.25) is 0 Å². The van der Waals surface area contributed by atoms with E-state index in [0.29, 0.717) is 0 Å². The normalized spacial score (nSPS) is 18.3. The zero-order chi connectivity index (χ0) is 12.8. The smallest absolute Gasteiger partial charge is 0.314 e. The van der Waals surface area contributed by atoms with E-state index in [1.54, 1.807) is 0 Å². The molecular formula is C14H19NO2S. The molecule has 0 spiro atoms. The van der Waals surface area contributed by atoms with Crippen LogP contribution < -0.4 is 0 Å². The van der Waals surface area contributed by atoms with Crippen LogP contribution in [-0.2, 0) is 9.53 Å². The molecular weight excluding hydrogens is 246 g/mol. The van der Waals surface area contributed by atoms with Gasteiger partial charge in [-0.3, -0.25) is 4.79 Å². The third kappa shape index (κ3) is 3.50. The number of thioether (sulfide) groups is 1. The van der Waals surface area contributed by atoms with Crippen LogP contribution in [0, 0.1) is 0 Å². The quantitative estimate of drug-likeness (QED) is 0.779. The lowest BCUT2D eigenvalue weighted by atomic mass is 9.98. The Hall–Kier alpha value is -1.00. The van der Waals surface area contributed by atoms with E-state index < -0.39 is 0 Å². The standard InChI is InChI=1S/C14H19NO2S/c1-17-14(16)13(12-5-3-2-4-6-12)11-15-7-9-18-10-8-15/h2-6,13H,7-11H2,1H3. The van der Waals surface area contributed by atoms with Gasteiger partial charge >= 0.3 is 5.97 Å². The van der Waals surface area contributed by atoms with Gasteiger partial charge in [-0.15, -0.1) is 0 Å². The molecule has 4 heteroatoms. The number of carbonyl (C=O) groups excluding carboxylic acids is 1. The fourth-order valence-corrected chi connectivity index (χ4v) is 3.16. The Kier molecular flexibility index (Phi) is 5.08. The number of hydrogen-bond acceptors (Lipinski definition) is 4. The molecule has 0 bridgehead atoms. The molecule has 1 heterocycles. The fourth-order valence-electron chi connectivity index (χ4n) is 2.19. The Labute approximate surface area is 113 Å². The molecule has 0 amide bonds.